The van der Waals surface area contributed by atoms with Crippen molar-refractivity contribution >= 4 is 72.7 Å². The molecule has 0 aliphatic carbocycles. The smallest absolute Gasteiger partial charge is 0.316 e. The second-order valence-electron chi connectivity index (χ2n) is 1.45. The zero-order valence-corrected chi connectivity index (χ0v) is 4.44. The molecule has 0 rings (SSSR count). The summed E-state index contributed by atoms with van der Waals surface area (Å²) < 4.78 is 0. The van der Waals surface area contributed by atoms with Crippen molar-refractivity contribution in [3.63, 3.8) is 0 Å². The maximum absolute atomic E-state index is 9.72. The van der Waals surface area contributed by atoms with Crippen LogP contribution in [-0.4, -0.2) is 94.2 Å². The van der Waals surface area contributed by atoms with Crippen LogP contribution in [0.1, 0.15) is 6.42 Å². The first-order valence-corrected chi connectivity index (χ1v) is 2.16. The van der Waals surface area contributed by atoms with Crippen molar-refractivity contribution < 1.29 is 24.9 Å². The molecule has 60 valence electrons. The molecule has 5 nitrogen and oxygen atoms in total. The van der Waals surface area contributed by atoms with Crippen LogP contribution in [0, 0.1) is 0 Å². The molecule has 0 aliphatic rings. The van der Waals surface area contributed by atoms with Crippen LogP contribution in [0.5, 0.6) is 0 Å². The molecule has 11 heavy (non-hydrogen) atoms. The summed E-state index contributed by atoms with van der Waals surface area (Å²) in [5, 5.41) is 24.1. The minimum atomic E-state index is -1.79. The Morgan fingerprint density at radius 1 is 1.27 bits per heavy atom. The van der Waals surface area contributed by atoms with E-state index in [1.165, 1.54) is 0 Å². The zero-order valence-electron chi connectivity index (χ0n) is 4.44. The average Bonchev–Trinajstić information content (AvgIpc) is 1.63. The van der Waals surface area contributed by atoms with Crippen LogP contribution in [0.2, 0.25) is 0 Å². The number of carbonyl (C=O) groups is 2. The van der Waals surface area contributed by atoms with Gasteiger partial charge in [0.15, 0.2) is 6.10 Å². The van der Waals surface area contributed by atoms with E-state index in [4.69, 9.17) is 15.3 Å². The largest absolute Gasteiger partial charge is 0.316 e. The predicted octanol–water partition coefficient (Wildman–Crippen LogP) is -2.93. The van der Waals surface area contributed by atoms with Crippen LogP contribution in [0.3, 0.4) is 0 Å². The Morgan fingerprint density at radius 3 is 1.73 bits per heavy atom. The van der Waals surface area contributed by atoms with Gasteiger partial charge < -0.3 is 15.3 Å². The monoisotopic (exact) mass is 202 g/mol. The van der Waals surface area contributed by atoms with Gasteiger partial charge in [-0.15, -0.1) is 0 Å². The van der Waals surface area contributed by atoms with E-state index in [-0.39, 0.29) is 60.8 Å². The van der Waals surface area contributed by atoms with Crippen LogP contribution < -0.4 is 0 Å². The van der Waals surface area contributed by atoms with Gasteiger partial charge in [-0.2, -0.15) is 0 Å². The van der Waals surface area contributed by atoms with E-state index in [2.05, 4.69) is 0 Å². The third-order valence-electron chi connectivity index (χ3n) is 0.653. The number of carboxylic acids is 2. The average molecular weight is 203 g/mol. The van der Waals surface area contributed by atoms with E-state index in [0.29, 0.717) is 0 Å². The first-order chi connectivity index (χ1) is 4.04. The SMILES string of the molecule is O=C(O)CC(O)C(=O)O.[CaH2].[MgH2]. The summed E-state index contributed by atoms with van der Waals surface area (Å²) in [6.07, 6.45) is -2.54. The molecule has 3 N–H and O–H groups in total. The molecule has 0 spiro atoms. The van der Waals surface area contributed by atoms with Crippen molar-refractivity contribution in [1.82, 2.24) is 0 Å². The Morgan fingerprint density at radius 2 is 1.64 bits per heavy atom. The molecule has 0 fully saturated rings. The fourth-order valence-electron chi connectivity index (χ4n) is 0.253. The predicted molar refractivity (Wildman–Crippen MR) is 43.0 cm³/mol. The number of carboxylic acid groups (broad SMARTS) is 2. The number of hydrogen-bond donors (Lipinski definition) is 3. The number of aliphatic hydroxyl groups is 1. The molecular formula is C4H10CaMgO5. The van der Waals surface area contributed by atoms with Gasteiger partial charge in [-0.25, -0.2) is 4.79 Å². The Hall–Kier alpha value is 0.926. The van der Waals surface area contributed by atoms with E-state index >= 15 is 0 Å². The minimum absolute atomic E-state index is 0. The van der Waals surface area contributed by atoms with Gasteiger partial charge in [0, 0.05) is 0 Å². The molecule has 0 saturated heterocycles. The summed E-state index contributed by atoms with van der Waals surface area (Å²) in [7, 11) is 0. The maximum Gasteiger partial charge on any atom is 0.316 e. The first-order valence-electron chi connectivity index (χ1n) is 2.16. The molecule has 0 aromatic heterocycles. The second kappa shape index (κ2) is 9.02. The summed E-state index contributed by atoms with van der Waals surface area (Å²) in [6, 6.07) is 0. The van der Waals surface area contributed by atoms with Crippen molar-refractivity contribution in [3.05, 3.63) is 0 Å². The minimum Gasteiger partial charge on any atom is 0.316 e. The summed E-state index contributed by atoms with van der Waals surface area (Å²) in [5.41, 5.74) is 0. The Kier molecular flexibility index (Phi) is 14.6. The van der Waals surface area contributed by atoms with Crippen LogP contribution in [-0.2, 0) is 9.59 Å². The molecule has 0 aromatic carbocycles. The third-order valence-corrected chi connectivity index (χ3v) is 0.653. The second-order valence-corrected chi connectivity index (χ2v) is 1.45. The van der Waals surface area contributed by atoms with E-state index < -0.39 is 24.5 Å². The quantitative estimate of drug-likeness (QED) is 0.426. The molecule has 1 atom stereocenters. The molecule has 0 aliphatic heterocycles. The number of rotatable bonds is 3. The fraction of sp³-hybridized carbons (Fsp3) is 0.500. The molecule has 0 radical (unpaired) electrons. The van der Waals surface area contributed by atoms with Crippen LogP contribution in [0.15, 0.2) is 0 Å². The number of aliphatic hydroxyl groups excluding tert-OH is 1. The first kappa shape index (κ1) is 17.9. The van der Waals surface area contributed by atoms with Crippen LogP contribution in [0.25, 0.3) is 0 Å². The third kappa shape index (κ3) is 10.9. The summed E-state index contributed by atoms with van der Waals surface area (Å²) >= 11 is 0. The Bertz CT molecular complexity index is 138. The summed E-state index contributed by atoms with van der Waals surface area (Å²) in [5.74, 6) is -2.85. The van der Waals surface area contributed by atoms with Crippen molar-refractivity contribution in [3.8, 4) is 0 Å². The van der Waals surface area contributed by atoms with Gasteiger partial charge in [0.2, 0.25) is 0 Å². The molecule has 7 heteroatoms. The fourth-order valence-corrected chi connectivity index (χ4v) is 0.253. The van der Waals surface area contributed by atoms with Gasteiger partial charge in [0.05, 0.1) is 6.42 Å². The molecule has 1 unspecified atom stereocenters. The van der Waals surface area contributed by atoms with Gasteiger partial charge in [0.25, 0.3) is 0 Å². The van der Waals surface area contributed by atoms with Crippen LogP contribution in [0.4, 0.5) is 0 Å². The van der Waals surface area contributed by atoms with Gasteiger partial charge in [-0.3, -0.25) is 4.79 Å². The zero-order chi connectivity index (χ0) is 7.44. The van der Waals surface area contributed by atoms with E-state index in [9.17, 15) is 9.59 Å². The van der Waals surface area contributed by atoms with Crippen molar-refractivity contribution in [2.45, 2.75) is 12.5 Å². The van der Waals surface area contributed by atoms with Gasteiger partial charge in [-0.05, 0) is 0 Å². The molecule has 0 amide bonds. The van der Waals surface area contributed by atoms with E-state index in [1.807, 2.05) is 0 Å². The topological polar surface area (TPSA) is 94.8 Å². The van der Waals surface area contributed by atoms with Crippen LogP contribution >= 0.6 is 0 Å². The molecule has 0 bridgehead atoms. The normalized spacial score (nSPS) is 10.3. The molecular weight excluding hydrogens is 192 g/mol. The molecule has 0 aromatic rings. The summed E-state index contributed by atoms with van der Waals surface area (Å²) in [6.45, 7) is 0. The maximum atomic E-state index is 9.72. The van der Waals surface area contributed by atoms with Gasteiger partial charge >= 0.3 is 72.7 Å². The van der Waals surface area contributed by atoms with Crippen molar-refractivity contribution in [2.24, 2.45) is 0 Å². The van der Waals surface area contributed by atoms with Gasteiger partial charge in [0.1, 0.15) is 0 Å². The Labute approximate surface area is 109 Å². The van der Waals surface area contributed by atoms with Gasteiger partial charge in [-0.1, -0.05) is 0 Å². The van der Waals surface area contributed by atoms with Crippen molar-refractivity contribution in [1.29, 1.82) is 0 Å². The number of hydrogen-bond acceptors (Lipinski definition) is 3. The molecule has 0 saturated carbocycles. The van der Waals surface area contributed by atoms with Crippen molar-refractivity contribution in [2.75, 3.05) is 0 Å². The Balaban J connectivity index is -0.000000320. The van der Waals surface area contributed by atoms with E-state index in [0.717, 1.165) is 0 Å². The number of aliphatic carboxylic acids is 2. The van der Waals surface area contributed by atoms with E-state index in [1.54, 1.807) is 0 Å². The standard InChI is InChI=1S/C4H6O5.Ca.Mg.4H/c5-2(4(8)9)1-3(6)7;;;;;;/h2,5H,1H2,(H,6,7)(H,8,9);;;;;;. The summed E-state index contributed by atoms with van der Waals surface area (Å²) in [4.78, 5) is 19.4. The molecule has 0 heterocycles.